The summed E-state index contributed by atoms with van der Waals surface area (Å²) < 4.78 is 5.39. The smallest absolute Gasteiger partial charge is 0.270 e. The van der Waals surface area contributed by atoms with Gasteiger partial charge in [0.1, 0.15) is 5.75 Å². The fourth-order valence-corrected chi connectivity index (χ4v) is 3.41. The van der Waals surface area contributed by atoms with Crippen LogP contribution in [0.3, 0.4) is 0 Å². The Balaban J connectivity index is 1.60. The highest BCUT2D eigenvalue weighted by atomic mass is 16.6. The molecule has 0 fully saturated rings. The summed E-state index contributed by atoms with van der Waals surface area (Å²) in [6.45, 7) is 1.62. The molecule has 7 heteroatoms. The van der Waals surface area contributed by atoms with Crippen LogP contribution in [0.2, 0.25) is 0 Å². The molecule has 28 heavy (non-hydrogen) atoms. The van der Waals surface area contributed by atoms with Crippen LogP contribution in [0.25, 0.3) is 0 Å². The van der Waals surface area contributed by atoms with Crippen molar-refractivity contribution in [3.8, 4) is 5.75 Å². The largest absolute Gasteiger partial charge is 0.483 e. The first kappa shape index (κ1) is 19.5. The number of hydrogen-bond donors (Lipinski definition) is 1. The van der Waals surface area contributed by atoms with Gasteiger partial charge in [0.15, 0.2) is 12.9 Å². The van der Waals surface area contributed by atoms with Gasteiger partial charge in [0.25, 0.3) is 11.6 Å². The summed E-state index contributed by atoms with van der Waals surface area (Å²) in [6, 6.07) is 9.83. The number of carbonyl (C=O) groups excluding carboxylic acids is 2. The molecule has 0 aliphatic heterocycles. The van der Waals surface area contributed by atoms with Gasteiger partial charge in [0.05, 0.1) is 16.5 Å². The van der Waals surface area contributed by atoms with Crippen LogP contribution in [0.1, 0.15) is 52.9 Å². The normalized spacial score (nSPS) is 13.9. The summed E-state index contributed by atoms with van der Waals surface area (Å²) in [4.78, 5) is 33.5. The lowest BCUT2D eigenvalue weighted by Gasteiger charge is -2.20. The SMILES string of the molecule is C[C@H](NC(=O)COc1ccc([N+](=O)[O-])cc1C=O)c1ccc2c(c1)CCCC2. The van der Waals surface area contributed by atoms with Crippen molar-refractivity contribution in [2.75, 3.05) is 6.61 Å². The summed E-state index contributed by atoms with van der Waals surface area (Å²) in [5.41, 5.74) is 3.60. The molecule has 2 aromatic rings. The van der Waals surface area contributed by atoms with Crippen molar-refractivity contribution >= 4 is 17.9 Å². The second-order valence-electron chi connectivity index (χ2n) is 6.91. The van der Waals surface area contributed by atoms with E-state index < -0.39 is 4.92 Å². The fraction of sp³-hybridized carbons (Fsp3) is 0.333. The van der Waals surface area contributed by atoms with E-state index in [1.165, 1.54) is 36.1 Å². The number of nitrogens with zero attached hydrogens (tertiary/aromatic N) is 1. The zero-order chi connectivity index (χ0) is 20.1. The van der Waals surface area contributed by atoms with E-state index >= 15 is 0 Å². The zero-order valence-corrected chi connectivity index (χ0v) is 15.6. The van der Waals surface area contributed by atoms with Gasteiger partial charge in [0, 0.05) is 12.1 Å². The van der Waals surface area contributed by atoms with Gasteiger partial charge in [-0.3, -0.25) is 19.7 Å². The van der Waals surface area contributed by atoms with E-state index in [1.54, 1.807) is 0 Å². The van der Waals surface area contributed by atoms with E-state index in [0.29, 0.717) is 6.29 Å². The van der Waals surface area contributed by atoms with Gasteiger partial charge < -0.3 is 10.1 Å². The molecule has 1 atom stereocenters. The van der Waals surface area contributed by atoms with Crippen molar-refractivity contribution in [2.45, 2.75) is 38.6 Å². The molecule has 0 saturated carbocycles. The molecule has 1 amide bonds. The Hall–Kier alpha value is -3.22. The van der Waals surface area contributed by atoms with Crippen LogP contribution in [0.15, 0.2) is 36.4 Å². The highest BCUT2D eigenvalue weighted by molar-refractivity contribution is 5.82. The molecule has 0 saturated heterocycles. The van der Waals surface area contributed by atoms with Gasteiger partial charge in [0.2, 0.25) is 0 Å². The Labute approximate surface area is 162 Å². The maximum atomic E-state index is 12.2. The Bertz CT molecular complexity index is 910. The van der Waals surface area contributed by atoms with Crippen molar-refractivity contribution in [1.29, 1.82) is 0 Å². The molecule has 146 valence electrons. The van der Waals surface area contributed by atoms with Crippen LogP contribution in [0.5, 0.6) is 5.75 Å². The van der Waals surface area contributed by atoms with Crippen molar-refractivity contribution in [3.63, 3.8) is 0 Å². The lowest BCUT2D eigenvalue weighted by atomic mass is 9.89. The number of nitro groups is 1. The molecule has 0 aromatic heterocycles. The summed E-state index contributed by atoms with van der Waals surface area (Å²) in [5, 5.41) is 13.7. The lowest BCUT2D eigenvalue weighted by molar-refractivity contribution is -0.384. The Morgan fingerprint density at radius 1 is 1.21 bits per heavy atom. The number of ether oxygens (including phenoxy) is 1. The van der Waals surface area contributed by atoms with E-state index in [2.05, 4.69) is 17.4 Å². The first-order valence-electron chi connectivity index (χ1n) is 9.25. The molecule has 0 heterocycles. The second-order valence-corrected chi connectivity index (χ2v) is 6.91. The van der Waals surface area contributed by atoms with E-state index in [-0.39, 0.29) is 35.6 Å². The minimum atomic E-state index is -0.594. The number of fused-ring (bicyclic) bond motifs is 1. The van der Waals surface area contributed by atoms with Gasteiger partial charge in [-0.25, -0.2) is 0 Å². The van der Waals surface area contributed by atoms with Crippen molar-refractivity contribution in [3.05, 3.63) is 68.8 Å². The minimum Gasteiger partial charge on any atom is -0.483 e. The molecule has 7 nitrogen and oxygen atoms in total. The Morgan fingerprint density at radius 3 is 2.68 bits per heavy atom. The molecule has 3 rings (SSSR count). The summed E-state index contributed by atoms with van der Waals surface area (Å²) in [6.07, 6.45) is 5.07. The van der Waals surface area contributed by atoms with Crippen LogP contribution in [0.4, 0.5) is 5.69 Å². The third kappa shape index (κ3) is 4.54. The first-order valence-corrected chi connectivity index (χ1v) is 9.25. The molecule has 0 bridgehead atoms. The van der Waals surface area contributed by atoms with Gasteiger partial charge >= 0.3 is 0 Å². The number of nitro benzene ring substituents is 1. The third-order valence-electron chi connectivity index (χ3n) is 4.94. The number of aldehydes is 1. The molecule has 0 unspecified atom stereocenters. The summed E-state index contributed by atoms with van der Waals surface area (Å²) in [7, 11) is 0. The predicted molar refractivity (Wildman–Crippen MR) is 104 cm³/mol. The monoisotopic (exact) mass is 382 g/mol. The maximum absolute atomic E-state index is 12.2. The van der Waals surface area contributed by atoms with Gasteiger partial charge in [-0.05, 0) is 55.4 Å². The number of carbonyl (C=O) groups is 2. The van der Waals surface area contributed by atoms with Crippen molar-refractivity contribution in [1.82, 2.24) is 5.32 Å². The van der Waals surface area contributed by atoms with Crippen molar-refractivity contribution in [2.24, 2.45) is 0 Å². The topological polar surface area (TPSA) is 98.5 Å². The lowest BCUT2D eigenvalue weighted by Crippen LogP contribution is -2.31. The molecular formula is C21H22N2O5. The second kappa shape index (κ2) is 8.65. The Kier molecular flexibility index (Phi) is 6.03. The van der Waals surface area contributed by atoms with E-state index in [4.69, 9.17) is 4.74 Å². The first-order chi connectivity index (χ1) is 13.5. The molecule has 1 aliphatic rings. The van der Waals surface area contributed by atoms with Crippen LogP contribution in [0, 0.1) is 10.1 Å². The number of benzene rings is 2. The van der Waals surface area contributed by atoms with E-state index in [1.807, 2.05) is 13.0 Å². The zero-order valence-electron chi connectivity index (χ0n) is 15.6. The van der Waals surface area contributed by atoms with E-state index in [0.717, 1.165) is 24.5 Å². The van der Waals surface area contributed by atoms with Gasteiger partial charge in [-0.15, -0.1) is 0 Å². The molecule has 0 spiro atoms. The maximum Gasteiger partial charge on any atom is 0.270 e. The third-order valence-corrected chi connectivity index (χ3v) is 4.94. The number of aryl methyl sites for hydroxylation is 2. The average Bonchev–Trinajstić information content (AvgIpc) is 2.71. The minimum absolute atomic E-state index is 0.0322. The standard InChI is InChI=1S/C21H22N2O5/c1-14(16-7-6-15-4-2-3-5-17(15)10-16)22-21(25)13-28-20-9-8-19(23(26)27)11-18(20)12-24/h6-12,14H,2-5,13H2,1H3,(H,22,25)/t14-/m0/s1. The summed E-state index contributed by atoms with van der Waals surface area (Å²) in [5.74, 6) is -0.197. The van der Waals surface area contributed by atoms with E-state index in [9.17, 15) is 19.7 Å². The quantitative estimate of drug-likeness (QED) is 0.449. The highest BCUT2D eigenvalue weighted by Crippen LogP contribution is 2.25. The molecule has 1 aliphatic carbocycles. The van der Waals surface area contributed by atoms with Gasteiger partial charge in [-0.1, -0.05) is 18.2 Å². The van der Waals surface area contributed by atoms with Crippen LogP contribution in [-0.4, -0.2) is 23.7 Å². The number of hydrogen-bond acceptors (Lipinski definition) is 5. The predicted octanol–water partition coefficient (Wildman–Crippen LogP) is 3.54. The van der Waals surface area contributed by atoms with Crippen molar-refractivity contribution < 1.29 is 19.2 Å². The van der Waals surface area contributed by atoms with Crippen LogP contribution >= 0.6 is 0 Å². The summed E-state index contributed by atoms with van der Waals surface area (Å²) >= 11 is 0. The number of rotatable bonds is 7. The van der Waals surface area contributed by atoms with Crippen LogP contribution in [-0.2, 0) is 17.6 Å². The molecule has 0 radical (unpaired) electrons. The Morgan fingerprint density at radius 2 is 1.96 bits per heavy atom. The number of non-ortho nitro benzene ring substituents is 1. The number of nitrogens with one attached hydrogen (secondary N) is 1. The van der Waals surface area contributed by atoms with Gasteiger partial charge in [-0.2, -0.15) is 0 Å². The molecular weight excluding hydrogens is 360 g/mol. The molecule has 2 aromatic carbocycles. The highest BCUT2D eigenvalue weighted by Gasteiger charge is 2.16. The average molecular weight is 382 g/mol. The fourth-order valence-electron chi connectivity index (χ4n) is 3.41. The number of amides is 1. The molecule has 1 N–H and O–H groups in total. The van der Waals surface area contributed by atoms with Crippen LogP contribution < -0.4 is 10.1 Å².